The highest BCUT2D eigenvalue weighted by atomic mass is 16.1. The van der Waals surface area contributed by atoms with Crippen molar-refractivity contribution in [3.8, 4) is 6.07 Å². The van der Waals surface area contributed by atoms with Crippen molar-refractivity contribution in [2.24, 2.45) is 0 Å². The highest BCUT2D eigenvalue weighted by Crippen LogP contribution is 2.31. The van der Waals surface area contributed by atoms with Gasteiger partial charge in [-0.25, -0.2) is 0 Å². The maximum atomic E-state index is 12.4. The third-order valence-corrected chi connectivity index (χ3v) is 4.35. The standard InChI is InChI=1S/C17H19N5O/c1-12(16-21-19-11-22(16)14-7-3-4-8-14)20-17(23)15-9-5-2-6-13(15)10-18/h2,5-6,9,11-12,14H,3-4,7-8H2,1H3,(H,20,23)/t12-/m1/s1. The highest BCUT2D eigenvalue weighted by Gasteiger charge is 2.24. The fourth-order valence-electron chi connectivity index (χ4n) is 3.14. The Morgan fingerprint density at radius 2 is 2.13 bits per heavy atom. The Hall–Kier alpha value is -2.68. The lowest BCUT2D eigenvalue weighted by Gasteiger charge is -2.19. The predicted molar refractivity (Wildman–Crippen MR) is 84.6 cm³/mol. The Morgan fingerprint density at radius 3 is 2.87 bits per heavy atom. The molecule has 1 fully saturated rings. The topological polar surface area (TPSA) is 83.6 Å². The number of carbonyl (C=O) groups excluding carboxylic acids is 1. The molecule has 1 amide bonds. The molecular formula is C17H19N5O. The molecule has 1 heterocycles. The third kappa shape index (κ3) is 3.09. The summed E-state index contributed by atoms with van der Waals surface area (Å²) in [6, 6.07) is 8.99. The van der Waals surface area contributed by atoms with Crippen LogP contribution >= 0.6 is 0 Å². The molecule has 1 saturated carbocycles. The SMILES string of the molecule is C[C@@H](NC(=O)c1ccccc1C#N)c1nncn1C1CCCC1. The van der Waals surface area contributed by atoms with Crippen LogP contribution in [0.3, 0.4) is 0 Å². The minimum atomic E-state index is -0.268. The summed E-state index contributed by atoms with van der Waals surface area (Å²) in [4.78, 5) is 12.4. The molecule has 1 aromatic heterocycles. The fourth-order valence-corrected chi connectivity index (χ4v) is 3.14. The summed E-state index contributed by atoms with van der Waals surface area (Å²) in [5.41, 5.74) is 0.753. The number of hydrogen-bond donors (Lipinski definition) is 1. The van der Waals surface area contributed by atoms with Crippen molar-refractivity contribution in [1.29, 1.82) is 5.26 Å². The lowest BCUT2D eigenvalue weighted by atomic mass is 10.1. The molecular weight excluding hydrogens is 290 g/mol. The minimum Gasteiger partial charge on any atom is -0.342 e. The molecule has 118 valence electrons. The van der Waals surface area contributed by atoms with Crippen LogP contribution < -0.4 is 5.32 Å². The molecule has 1 atom stereocenters. The summed E-state index contributed by atoms with van der Waals surface area (Å²) in [6.07, 6.45) is 6.44. The molecule has 0 saturated heterocycles. The van der Waals surface area contributed by atoms with Gasteiger partial charge in [0.25, 0.3) is 5.91 Å². The van der Waals surface area contributed by atoms with E-state index in [4.69, 9.17) is 5.26 Å². The van der Waals surface area contributed by atoms with E-state index in [1.54, 1.807) is 30.6 Å². The molecule has 0 radical (unpaired) electrons. The lowest BCUT2D eigenvalue weighted by molar-refractivity contribution is 0.0937. The van der Waals surface area contributed by atoms with Crippen LogP contribution in [0.1, 0.15) is 66.4 Å². The van der Waals surface area contributed by atoms with Crippen molar-refractivity contribution < 1.29 is 4.79 Å². The van der Waals surface area contributed by atoms with E-state index >= 15 is 0 Å². The number of benzene rings is 1. The van der Waals surface area contributed by atoms with Gasteiger partial charge in [0.2, 0.25) is 0 Å². The van der Waals surface area contributed by atoms with Gasteiger partial charge >= 0.3 is 0 Å². The quantitative estimate of drug-likeness (QED) is 0.941. The summed E-state index contributed by atoms with van der Waals surface area (Å²) in [5.74, 6) is 0.496. The smallest absolute Gasteiger partial charge is 0.253 e. The van der Waals surface area contributed by atoms with E-state index in [0.717, 1.165) is 18.7 Å². The van der Waals surface area contributed by atoms with Crippen LogP contribution in [0.15, 0.2) is 30.6 Å². The van der Waals surface area contributed by atoms with Gasteiger partial charge in [0.1, 0.15) is 6.33 Å². The molecule has 0 spiro atoms. The van der Waals surface area contributed by atoms with E-state index in [1.807, 2.05) is 13.0 Å². The molecule has 1 aromatic carbocycles. The number of aromatic nitrogens is 3. The number of hydrogen-bond acceptors (Lipinski definition) is 4. The Bertz CT molecular complexity index is 739. The van der Waals surface area contributed by atoms with Crippen LogP contribution in [0.25, 0.3) is 0 Å². The largest absolute Gasteiger partial charge is 0.342 e. The van der Waals surface area contributed by atoms with E-state index in [1.165, 1.54) is 12.8 Å². The maximum Gasteiger partial charge on any atom is 0.253 e. The molecule has 1 aliphatic carbocycles. The third-order valence-electron chi connectivity index (χ3n) is 4.35. The van der Waals surface area contributed by atoms with Crippen molar-refractivity contribution in [2.75, 3.05) is 0 Å². The van der Waals surface area contributed by atoms with Crippen LogP contribution in [-0.2, 0) is 0 Å². The number of rotatable bonds is 4. The predicted octanol–water partition coefficient (Wildman–Crippen LogP) is 2.76. The molecule has 1 N–H and O–H groups in total. The van der Waals surface area contributed by atoms with E-state index in [-0.39, 0.29) is 11.9 Å². The van der Waals surface area contributed by atoms with E-state index in [0.29, 0.717) is 17.2 Å². The Balaban J connectivity index is 1.77. The Labute approximate surface area is 135 Å². The van der Waals surface area contributed by atoms with Gasteiger partial charge in [-0.3, -0.25) is 4.79 Å². The van der Waals surface area contributed by atoms with Crippen LogP contribution in [0.4, 0.5) is 0 Å². The van der Waals surface area contributed by atoms with Gasteiger partial charge in [-0.1, -0.05) is 25.0 Å². The van der Waals surface area contributed by atoms with Gasteiger partial charge in [-0.15, -0.1) is 10.2 Å². The average molecular weight is 309 g/mol. The Morgan fingerprint density at radius 1 is 1.39 bits per heavy atom. The van der Waals surface area contributed by atoms with Crippen molar-refractivity contribution >= 4 is 5.91 Å². The number of amides is 1. The summed E-state index contributed by atoms with van der Waals surface area (Å²) >= 11 is 0. The highest BCUT2D eigenvalue weighted by molar-refractivity contribution is 5.96. The first-order valence-electron chi connectivity index (χ1n) is 7.90. The van der Waals surface area contributed by atoms with Crippen LogP contribution in [0.5, 0.6) is 0 Å². The first-order valence-corrected chi connectivity index (χ1v) is 7.90. The molecule has 1 aliphatic rings. The molecule has 23 heavy (non-hydrogen) atoms. The summed E-state index contributed by atoms with van der Waals surface area (Å²) in [5, 5.41) is 20.2. The van der Waals surface area contributed by atoms with Gasteiger partial charge in [0, 0.05) is 6.04 Å². The average Bonchev–Trinajstić information content (AvgIpc) is 3.25. The molecule has 3 rings (SSSR count). The summed E-state index contributed by atoms with van der Waals surface area (Å²) < 4.78 is 2.08. The van der Waals surface area contributed by atoms with Gasteiger partial charge in [0.15, 0.2) is 5.82 Å². The first-order chi connectivity index (χ1) is 11.2. The Kier molecular flexibility index (Phi) is 4.38. The number of nitriles is 1. The molecule has 2 aromatic rings. The van der Waals surface area contributed by atoms with E-state index in [9.17, 15) is 4.79 Å². The zero-order chi connectivity index (χ0) is 16.2. The van der Waals surface area contributed by atoms with Crippen LogP contribution in [0.2, 0.25) is 0 Å². The van der Waals surface area contributed by atoms with Crippen LogP contribution in [-0.4, -0.2) is 20.7 Å². The van der Waals surface area contributed by atoms with Gasteiger partial charge in [0.05, 0.1) is 23.2 Å². The summed E-state index contributed by atoms with van der Waals surface area (Å²) in [7, 11) is 0. The number of carbonyl (C=O) groups is 1. The van der Waals surface area contributed by atoms with Crippen LogP contribution in [0, 0.1) is 11.3 Å². The van der Waals surface area contributed by atoms with Crippen molar-refractivity contribution in [3.05, 3.63) is 47.5 Å². The van der Waals surface area contributed by atoms with Crippen molar-refractivity contribution in [1.82, 2.24) is 20.1 Å². The molecule has 0 bridgehead atoms. The minimum absolute atomic E-state index is 0.266. The summed E-state index contributed by atoms with van der Waals surface area (Å²) in [6.45, 7) is 1.89. The zero-order valence-electron chi connectivity index (χ0n) is 13.1. The fraction of sp³-hybridized carbons (Fsp3) is 0.412. The van der Waals surface area contributed by atoms with Crippen molar-refractivity contribution in [3.63, 3.8) is 0 Å². The first kappa shape index (κ1) is 15.2. The maximum absolute atomic E-state index is 12.4. The molecule has 6 nitrogen and oxygen atoms in total. The van der Waals surface area contributed by atoms with Crippen molar-refractivity contribution in [2.45, 2.75) is 44.7 Å². The molecule has 6 heteroatoms. The normalized spacial score (nSPS) is 16.0. The molecule has 0 aliphatic heterocycles. The second kappa shape index (κ2) is 6.61. The van der Waals surface area contributed by atoms with Gasteiger partial charge in [-0.2, -0.15) is 5.26 Å². The number of nitrogens with zero attached hydrogens (tertiary/aromatic N) is 4. The van der Waals surface area contributed by atoms with E-state index < -0.39 is 0 Å². The monoisotopic (exact) mass is 309 g/mol. The lowest BCUT2D eigenvalue weighted by Crippen LogP contribution is -2.29. The number of nitrogens with one attached hydrogen (secondary N) is 1. The second-order valence-corrected chi connectivity index (χ2v) is 5.89. The second-order valence-electron chi connectivity index (χ2n) is 5.89. The zero-order valence-corrected chi connectivity index (χ0v) is 13.1. The van der Waals surface area contributed by atoms with Gasteiger partial charge in [-0.05, 0) is 31.9 Å². The van der Waals surface area contributed by atoms with E-state index in [2.05, 4.69) is 20.1 Å². The van der Waals surface area contributed by atoms with Gasteiger partial charge < -0.3 is 9.88 Å². The molecule has 0 unspecified atom stereocenters.